The SMILES string of the molecule is CCC(=O)C(C)(C)COCc1ccc(OCCOCCNC(=O)[C@@H](CS(=O)(=O)O)NC(=O)CCCCCN2C(=O)C=CC2=O)cc1O[C@@H]1O[C@H](C(=O)O)[C@@H](O)[C@H](O)[C@H]1O. The molecule has 1 saturated heterocycles. The number of amides is 4. The number of benzene rings is 1. The molecule has 0 radical (unpaired) electrons. The smallest absolute Gasteiger partial charge is 0.335 e. The summed E-state index contributed by atoms with van der Waals surface area (Å²) in [6.45, 7) is 5.07. The van der Waals surface area contributed by atoms with Gasteiger partial charge in [0.05, 0.1) is 26.4 Å². The Balaban J connectivity index is 1.50. The first kappa shape index (κ1) is 48.8. The predicted molar refractivity (Wildman–Crippen MR) is 202 cm³/mol. The van der Waals surface area contributed by atoms with Gasteiger partial charge in [0, 0.05) is 55.1 Å². The minimum atomic E-state index is -4.67. The zero-order valence-corrected chi connectivity index (χ0v) is 33.8. The Morgan fingerprint density at radius 1 is 0.949 bits per heavy atom. The number of rotatable bonds is 26. The number of aliphatic hydroxyl groups excluding tert-OH is 3. The molecule has 2 aliphatic heterocycles. The summed E-state index contributed by atoms with van der Waals surface area (Å²) in [5.41, 5.74) is -0.418. The number of imide groups is 1. The van der Waals surface area contributed by atoms with E-state index in [9.17, 15) is 62.2 Å². The lowest BCUT2D eigenvalue weighted by Crippen LogP contribution is -2.61. The molecule has 0 spiro atoms. The molecule has 0 aromatic heterocycles. The Kier molecular flexibility index (Phi) is 18.8. The number of aliphatic carboxylic acids is 1. The van der Waals surface area contributed by atoms with Crippen LogP contribution in [0.15, 0.2) is 30.4 Å². The summed E-state index contributed by atoms with van der Waals surface area (Å²) in [5, 5.41) is 45.0. The van der Waals surface area contributed by atoms with Crippen LogP contribution >= 0.6 is 0 Å². The molecule has 2 heterocycles. The number of hydrogen-bond donors (Lipinski definition) is 7. The molecular formula is C37H53N3O18S. The Bertz CT molecular complexity index is 1770. The quantitative estimate of drug-likeness (QED) is 0.0329. The van der Waals surface area contributed by atoms with Gasteiger partial charge < -0.3 is 54.7 Å². The van der Waals surface area contributed by atoms with Crippen molar-refractivity contribution in [1.29, 1.82) is 0 Å². The average Bonchev–Trinajstić information content (AvgIpc) is 3.49. The van der Waals surface area contributed by atoms with Crippen molar-refractivity contribution in [2.24, 2.45) is 5.41 Å². The van der Waals surface area contributed by atoms with Crippen LogP contribution < -0.4 is 20.1 Å². The van der Waals surface area contributed by atoms with Gasteiger partial charge >= 0.3 is 5.97 Å². The Hall–Kier alpha value is -4.55. The second kappa shape index (κ2) is 22.7. The third-order valence-electron chi connectivity index (χ3n) is 9.15. The number of ether oxygens (including phenoxy) is 5. The van der Waals surface area contributed by atoms with Crippen molar-refractivity contribution in [2.45, 2.75) is 96.2 Å². The molecule has 3 rings (SSSR count). The monoisotopic (exact) mass is 859 g/mol. The summed E-state index contributed by atoms with van der Waals surface area (Å²) in [6, 6.07) is 2.87. The van der Waals surface area contributed by atoms with Crippen LogP contribution in [0.4, 0.5) is 0 Å². The number of carbonyl (C=O) groups is 6. The maximum Gasteiger partial charge on any atom is 0.335 e. The lowest BCUT2D eigenvalue weighted by Gasteiger charge is -2.38. The molecule has 2 aliphatic rings. The van der Waals surface area contributed by atoms with Crippen molar-refractivity contribution < 1.29 is 85.8 Å². The highest BCUT2D eigenvalue weighted by Gasteiger charge is 2.48. The zero-order chi connectivity index (χ0) is 43.9. The van der Waals surface area contributed by atoms with E-state index in [0.29, 0.717) is 31.2 Å². The van der Waals surface area contributed by atoms with Crippen molar-refractivity contribution in [3.63, 3.8) is 0 Å². The van der Waals surface area contributed by atoms with E-state index in [1.54, 1.807) is 32.9 Å². The molecule has 59 heavy (non-hydrogen) atoms. The summed E-state index contributed by atoms with van der Waals surface area (Å²) >= 11 is 0. The molecule has 1 fully saturated rings. The van der Waals surface area contributed by atoms with Gasteiger partial charge in [0.15, 0.2) is 6.10 Å². The van der Waals surface area contributed by atoms with Gasteiger partial charge in [-0.2, -0.15) is 8.42 Å². The van der Waals surface area contributed by atoms with Gasteiger partial charge in [-0.1, -0.05) is 27.2 Å². The molecule has 0 unspecified atom stereocenters. The van der Waals surface area contributed by atoms with E-state index in [-0.39, 0.29) is 69.8 Å². The highest BCUT2D eigenvalue weighted by molar-refractivity contribution is 7.85. The summed E-state index contributed by atoms with van der Waals surface area (Å²) < 4.78 is 60.4. The Labute approximate surface area is 340 Å². The van der Waals surface area contributed by atoms with Crippen LogP contribution in [0.5, 0.6) is 11.5 Å². The third-order valence-corrected chi connectivity index (χ3v) is 9.90. The fourth-order valence-corrected chi connectivity index (χ4v) is 6.49. The molecule has 7 N–H and O–H groups in total. The number of Topliss-reactive ketones (excluding diaryl/α,β-unsaturated/α-hetero) is 1. The molecule has 0 bridgehead atoms. The van der Waals surface area contributed by atoms with E-state index >= 15 is 0 Å². The number of aliphatic hydroxyl groups is 3. The van der Waals surface area contributed by atoms with Gasteiger partial charge in [-0.15, -0.1) is 0 Å². The van der Waals surface area contributed by atoms with Crippen molar-refractivity contribution in [3.05, 3.63) is 35.9 Å². The molecule has 330 valence electrons. The first-order chi connectivity index (χ1) is 27.7. The minimum Gasteiger partial charge on any atom is -0.491 e. The number of nitrogens with one attached hydrogen (secondary N) is 2. The van der Waals surface area contributed by atoms with Gasteiger partial charge in [0.1, 0.15) is 54.0 Å². The van der Waals surface area contributed by atoms with Crippen LogP contribution in [-0.2, 0) is 59.7 Å². The first-order valence-corrected chi connectivity index (χ1v) is 20.4. The van der Waals surface area contributed by atoms with Crippen molar-refractivity contribution in [3.8, 4) is 11.5 Å². The van der Waals surface area contributed by atoms with Crippen molar-refractivity contribution in [2.75, 3.05) is 45.3 Å². The first-order valence-electron chi connectivity index (χ1n) is 18.8. The van der Waals surface area contributed by atoms with Gasteiger partial charge in [0.2, 0.25) is 18.1 Å². The number of nitrogens with zero attached hydrogens (tertiary/aromatic N) is 1. The molecule has 0 aliphatic carbocycles. The average molecular weight is 860 g/mol. The number of carboxylic acid groups (broad SMARTS) is 1. The third kappa shape index (κ3) is 15.5. The number of carboxylic acids is 1. The fraction of sp³-hybridized carbons (Fsp3) is 0.622. The molecule has 0 saturated carbocycles. The molecule has 22 heteroatoms. The summed E-state index contributed by atoms with van der Waals surface area (Å²) in [6.07, 6.45) is -5.59. The molecule has 1 aromatic carbocycles. The normalized spacial score (nSPS) is 21.3. The number of carbonyl (C=O) groups excluding carboxylic acids is 5. The summed E-state index contributed by atoms with van der Waals surface area (Å²) in [5.74, 6) is -4.87. The van der Waals surface area contributed by atoms with Gasteiger partial charge in [-0.25, -0.2) is 4.79 Å². The van der Waals surface area contributed by atoms with Crippen LogP contribution in [0.3, 0.4) is 0 Å². The number of unbranched alkanes of at least 4 members (excludes halogenated alkanes) is 2. The van der Waals surface area contributed by atoms with E-state index in [0.717, 1.165) is 4.90 Å². The summed E-state index contributed by atoms with van der Waals surface area (Å²) in [7, 11) is -4.67. The number of hydrogen-bond acceptors (Lipinski definition) is 16. The van der Waals surface area contributed by atoms with E-state index in [2.05, 4.69) is 10.6 Å². The maximum atomic E-state index is 12.7. The molecular weight excluding hydrogens is 806 g/mol. The van der Waals surface area contributed by atoms with Gasteiger partial charge in [0.25, 0.3) is 21.9 Å². The zero-order valence-electron chi connectivity index (χ0n) is 32.9. The van der Waals surface area contributed by atoms with E-state index in [1.165, 1.54) is 18.2 Å². The van der Waals surface area contributed by atoms with Crippen LogP contribution in [0.2, 0.25) is 0 Å². The van der Waals surface area contributed by atoms with Crippen molar-refractivity contribution in [1.82, 2.24) is 15.5 Å². The fourth-order valence-electron chi connectivity index (χ4n) is 5.84. The standard InChI is InChI=1S/C37H53N3O18S/c1-4-26(41)37(2,3)21-55-19-22-9-10-23(18-25(22)57-36-32(47)30(45)31(46)33(58-36)35(49)50)56-17-16-54-15-13-38-34(48)24(20-59(51,52)53)39-27(42)8-6-5-7-14-40-28(43)11-12-29(40)44/h9-12,18,24,30-33,36,45-47H,4-8,13-17,19-21H2,1-3H3,(H,38,48)(H,39,42)(H,49,50)(H,51,52,53)/t24-,30+,31+,32-,33+,36-/m1/s1. The van der Waals surface area contributed by atoms with Crippen LogP contribution in [0.25, 0.3) is 0 Å². The van der Waals surface area contributed by atoms with Crippen LogP contribution in [0.1, 0.15) is 58.4 Å². The Morgan fingerprint density at radius 2 is 1.64 bits per heavy atom. The molecule has 21 nitrogen and oxygen atoms in total. The highest BCUT2D eigenvalue weighted by Crippen LogP contribution is 2.31. The molecule has 4 amide bonds. The molecule has 6 atom stereocenters. The van der Waals surface area contributed by atoms with Gasteiger partial charge in [-0.05, 0) is 25.0 Å². The molecule has 1 aromatic rings. The topological polar surface area (TPSA) is 311 Å². The highest BCUT2D eigenvalue weighted by atomic mass is 32.2. The van der Waals surface area contributed by atoms with E-state index < -0.39 is 87.6 Å². The number of ketones is 1. The Morgan fingerprint density at radius 3 is 2.29 bits per heavy atom. The maximum absolute atomic E-state index is 12.7. The second-order valence-electron chi connectivity index (χ2n) is 14.4. The lowest BCUT2D eigenvalue weighted by molar-refractivity contribution is -0.271. The van der Waals surface area contributed by atoms with E-state index in [1.807, 2.05) is 0 Å². The minimum absolute atomic E-state index is 0.000238. The predicted octanol–water partition coefficient (Wildman–Crippen LogP) is -1.15. The van der Waals surface area contributed by atoms with Crippen LogP contribution in [0, 0.1) is 5.41 Å². The second-order valence-corrected chi connectivity index (χ2v) is 15.9. The summed E-state index contributed by atoms with van der Waals surface area (Å²) in [4.78, 5) is 73.4. The van der Waals surface area contributed by atoms with Crippen LogP contribution in [-0.4, -0.2) is 156 Å². The lowest BCUT2D eigenvalue weighted by atomic mass is 9.88. The van der Waals surface area contributed by atoms with Gasteiger partial charge in [-0.3, -0.25) is 33.4 Å². The largest absolute Gasteiger partial charge is 0.491 e. The van der Waals surface area contributed by atoms with E-state index in [4.69, 9.17) is 23.7 Å². The van der Waals surface area contributed by atoms with Crippen molar-refractivity contribution >= 4 is 45.5 Å².